The van der Waals surface area contributed by atoms with Crippen LogP contribution in [0.3, 0.4) is 0 Å². The molecule has 0 fully saturated rings. The van der Waals surface area contributed by atoms with Gasteiger partial charge >= 0.3 is 12.0 Å². The lowest BCUT2D eigenvalue weighted by atomic mass is 9.93. The lowest BCUT2D eigenvalue weighted by Crippen LogP contribution is -2.45. The number of hydrogen-bond acceptors (Lipinski definition) is 7. The zero-order valence-corrected chi connectivity index (χ0v) is 14.7. The van der Waals surface area contributed by atoms with Gasteiger partial charge in [0.2, 0.25) is 0 Å². The van der Waals surface area contributed by atoms with Crippen LogP contribution in [0.1, 0.15) is 25.5 Å². The van der Waals surface area contributed by atoms with E-state index in [-0.39, 0.29) is 40.6 Å². The second-order valence-electron chi connectivity index (χ2n) is 5.31. The van der Waals surface area contributed by atoms with E-state index in [0.717, 1.165) is 0 Å². The van der Waals surface area contributed by atoms with E-state index in [2.05, 4.69) is 10.6 Å². The van der Waals surface area contributed by atoms with Crippen LogP contribution in [0.5, 0.6) is 11.5 Å². The van der Waals surface area contributed by atoms with Gasteiger partial charge in [-0.1, -0.05) is 0 Å². The van der Waals surface area contributed by atoms with Gasteiger partial charge in [0, 0.05) is 5.70 Å². The number of nitrogens with zero attached hydrogens (tertiary/aromatic N) is 1. The van der Waals surface area contributed by atoms with Crippen molar-refractivity contribution in [2.75, 3.05) is 20.8 Å². The summed E-state index contributed by atoms with van der Waals surface area (Å²) in [5.74, 6) is -0.310. The molecule has 2 amide bonds. The second-order valence-corrected chi connectivity index (χ2v) is 5.31. The third kappa shape index (κ3) is 3.53. The van der Waals surface area contributed by atoms with Crippen molar-refractivity contribution in [3.63, 3.8) is 0 Å². The van der Waals surface area contributed by atoms with E-state index in [4.69, 9.17) is 14.2 Å². The first-order chi connectivity index (χ1) is 12.3. The van der Waals surface area contributed by atoms with Gasteiger partial charge in [-0.2, -0.15) is 0 Å². The van der Waals surface area contributed by atoms with Crippen LogP contribution < -0.4 is 20.1 Å². The number of carbonyl (C=O) groups excluding carboxylic acids is 2. The minimum atomic E-state index is -1.08. The van der Waals surface area contributed by atoms with E-state index in [0.29, 0.717) is 0 Å². The average Bonchev–Trinajstić information content (AvgIpc) is 2.59. The van der Waals surface area contributed by atoms with Crippen molar-refractivity contribution in [2.24, 2.45) is 0 Å². The van der Waals surface area contributed by atoms with Gasteiger partial charge in [0.15, 0.2) is 11.5 Å². The zero-order chi connectivity index (χ0) is 19.4. The lowest BCUT2D eigenvalue weighted by molar-refractivity contribution is -0.385. The molecule has 10 heteroatoms. The lowest BCUT2D eigenvalue weighted by Gasteiger charge is -2.28. The summed E-state index contributed by atoms with van der Waals surface area (Å²) in [6.45, 7) is 3.27. The van der Waals surface area contributed by atoms with Gasteiger partial charge in [0.1, 0.15) is 0 Å². The number of nitrogens with one attached hydrogen (secondary N) is 2. The Morgan fingerprint density at radius 1 is 1.27 bits per heavy atom. The van der Waals surface area contributed by atoms with Crippen LogP contribution in [0.2, 0.25) is 0 Å². The molecule has 1 aromatic carbocycles. The molecule has 0 bridgehead atoms. The largest absolute Gasteiger partial charge is 0.493 e. The van der Waals surface area contributed by atoms with Gasteiger partial charge in [0.25, 0.3) is 5.69 Å². The summed E-state index contributed by atoms with van der Waals surface area (Å²) < 4.78 is 15.3. The van der Waals surface area contributed by atoms with Gasteiger partial charge in [-0.05, 0) is 19.9 Å². The fraction of sp³-hybridized carbons (Fsp3) is 0.375. The summed E-state index contributed by atoms with van der Waals surface area (Å²) in [6, 6.07) is 0.868. The number of esters is 1. The summed E-state index contributed by atoms with van der Waals surface area (Å²) in [4.78, 5) is 35.2. The molecule has 0 aromatic heterocycles. The van der Waals surface area contributed by atoms with Crippen molar-refractivity contribution in [1.29, 1.82) is 0 Å². The van der Waals surface area contributed by atoms with Gasteiger partial charge in [-0.15, -0.1) is 0 Å². The first kappa shape index (κ1) is 19.0. The highest BCUT2D eigenvalue weighted by Gasteiger charge is 2.37. The van der Waals surface area contributed by atoms with E-state index in [1.807, 2.05) is 0 Å². The fourth-order valence-corrected chi connectivity index (χ4v) is 2.68. The molecule has 0 spiro atoms. The highest BCUT2D eigenvalue weighted by atomic mass is 16.6. The molecule has 140 valence electrons. The molecule has 1 unspecified atom stereocenters. The number of carbonyl (C=O) groups is 2. The van der Waals surface area contributed by atoms with Crippen molar-refractivity contribution in [3.8, 4) is 11.5 Å². The van der Waals surface area contributed by atoms with Crippen molar-refractivity contribution >= 4 is 17.7 Å². The smallest absolute Gasteiger partial charge is 0.338 e. The number of hydrogen-bond donors (Lipinski definition) is 2. The molecule has 0 aliphatic carbocycles. The summed E-state index contributed by atoms with van der Waals surface area (Å²) >= 11 is 0. The number of ether oxygens (including phenoxy) is 3. The normalized spacial score (nSPS) is 16.5. The van der Waals surface area contributed by atoms with Crippen LogP contribution in [0.4, 0.5) is 10.5 Å². The van der Waals surface area contributed by atoms with Crippen LogP contribution in [-0.2, 0) is 9.53 Å². The van der Waals surface area contributed by atoms with Crippen molar-refractivity contribution in [3.05, 3.63) is 39.1 Å². The second kappa shape index (κ2) is 7.72. The Balaban J connectivity index is 2.69. The van der Waals surface area contributed by atoms with E-state index in [1.165, 1.54) is 33.3 Å². The Labute approximate surface area is 149 Å². The highest BCUT2D eigenvalue weighted by molar-refractivity contribution is 5.95. The molecule has 0 radical (unpaired) electrons. The molecule has 1 heterocycles. The van der Waals surface area contributed by atoms with Crippen LogP contribution >= 0.6 is 0 Å². The van der Waals surface area contributed by atoms with E-state index in [9.17, 15) is 19.7 Å². The average molecular weight is 365 g/mol. The molecule has 2 rings (SSSR count). The fourth-order valence-electron chi connectivity index (χ4n) is 2.68. The number of benzene rings is 1. The first-order valence-corrected chi connectivity index (χ1v) is 7.69. The molecule has 1 aromatic rings. The number of nitro benzene ring substituents is 1. The Bertz CT molecular complexity index is 788. The number of rotatable bonds is 6. The van der Waals surface area contributed by atoms with Crippen LogP contribution in [-0.4, -0.2) is 37.8 Å². The van der Waals surface area contributed by atoms with E-state index < -0.39 is 23.0 Å². The van der Waals surface area contributed by atoms with Crippen LogP contribution in [0, 0.1) is 10.1 Å². The third-order valence-electron chi connectivity index (χ3n) is 3.81. The predicted molar refractivity (Wildman–Crippen MR) is 89.9 cm³/mol. The third-order valence-corrected chi connectivity index (χ3v) is 3.81. The van der Waals surface area contributed by atoms with Gasteiger partial charge in [-0.3, -0.25) is 10.1 Å². The monoisotopic (exact) mass is 365 g/mol. The Morgan fingerprint density at radius 2 is 1.88 bits per heavy atom. The highest BCUT2D eigenvalue weighted by Crippen LogP contribution is 2.40. The van der Waals surface area contributed by atoms with Gasteiger partial charge < -0.3 is 24.8 Å². The maximum Gasteiger partial charge on any atom is 0.338 e. The standard InChI is InChI=1S/C16H19N3O7/c1-5-26-15(20)13-8(2)17-16(21)18-14(13)9-6-11(24-3)12(25-4)7-10(9)19(22)23/h6-7,14H,5H2,1-4H3,(H2,17,18,21). The molecule has 10 nitrogen and oxygen atoms in total. The van der Waals surface area contributed by atoms with Crippen LogP contribution in [0.15, 0.2) is 23.4 Å². The maximum atomic E-state index is 12.4. The number of urea groups is 1. The van der Waals surface area contributed by atoms with Gasteiger partial charge in [0.05, 0.1) is 49.0 Å². The molecule has 2 N–H and O–H groups in total. The number of allylic oxidation sites excluding steroid dienone is 1. The quantitative estimate of drug-likeness (QED) is 0.447. The molecule has 26 heavy (non-hydrogen) atoms. The molecular weight excluding hydrogens is 346 g/mol. The Hall–Kier alpha value is -3.30. The minimum Gasteiger partial charge on any atom is -0.493 e. The maximum absolute atomic E-state index is 12.4. The first-order valence-electron chi connectivity index (χ1n) is 7.69. The number of nitro groups is 1. The van der Waals surface area contributed by atoms with E-state index >= 15 is 0 Å². The Morgan fingerprint density at radius 3 is 2.42 bits per heavy atom. The van der Waals surface area contributed by atoms with Crippen molar-refractivity contribution < 1.29 is 28.7 Å². The van der Waals surface area contributed by atoms with Crippen molar-refractivity contribution in [2.45, 2.75) is 19.9 Å². The SMILES string of the molecule is CCOC(=O)C1=C(C)NC(=O)NC1c1cc(OC)c(OC)cc1[N+](=O)[O-]. The summed E-state index contributed by atoms with van der Waals surface area (Å²) in [7, 11) is 2.73. The summed E-state index contributed by atoms with van der Waals surface area (Å²) in [5, 5.41) is 16.5. The summed E-state index contributed by atoms with van der Waals surface area (Å²) in [5.41, 5.74) is 0.0670. The van der Waals surface area contributed by atoms with Crippen molar-refractivity contribution in [1.82, 2.24) is 10.6 Å². The van der Waals surface area contributed by atoms with E-state index in [1.54, 1.807) is 6.92 Å². The molecule has 1 atom stereocenters. The predicted octanol–water partition coefficient (Wildman–Crippen LogP) is 1.80. The number of methoxy groups -OCH3 is 2. The van der Waals surface area contributed by atoms with Crippen LogP contribution in [0.25, 0.3) is 0 Å². The minimum absolute atomic E-state index is 0.0711. The molecule has 1 aliphatic heterocycles. The Kier molecular flexibility index (Phi) is 5.65. The summed E-state index contributed by atoms with van der Waals surface area (Å²) in [6.07, 6.45) is 0. The molecule has 1 aliphatic rings. The topological polar surface area (TPSA) is 129 Å². The molecule has 0 saturated heterocycles. The number of amides is 2. The van der Waals surface area contributed by atoms with Gasteiger partial charge in [-0.25, -0.2) is 9.59 Å². The molecular formula is C16H19N3O7. The zero-order valence-electron chi connectivity index (χ0n) is 14.7. The molecule has 0 saturated carbocycles.